The van der Waals surface area contributed by atoms with Crippen molar-refractivity contribution in [2.24, 2.45) is 0 Å². The molecule has 1 atom stereocenters. The Morgan fingerprint density at radius 1 is 1.47 bits per heavy atom. The predicted octanol–water partition coefficient (Wildman–Crippen LogP) is 2.13. The molecule has 0 N–H and O–H groups in total. The first-order chi connectivity index (χ1) is 7.40. The molecule has 1 aromatic heterocycles. The van der Waals surface area contributed by atoms with Gasteiger partial charge in [-0.2, -0.15) is 4.98 Å². The second-order valence-corrected chi connectivity index (χ2v) is 4.13. The molecule has 84 valence electrons. The zero-order valence-corrected chi connectivity index (χ0v) is 9.37. The van der Waals surface area contributed by atoms with Crippen LogP contribution in [-0.4, -0.2) is 29.2 Å². The van der Waals surface area contributed by atoms with Gasteiger partial charge < -0.3 is 9.26 Å². The van der Waals surface area contributed by atoms with Gasteiger partial charge in [0.25, 0.3) is 0 Å². The summed E-state index contributed by atoms with van der Waals surface area (Å²) in [5.41, 5.74) is 0. The minimum absolute atomic E-state index is 0.312. The highest BCUT2D eigenvalue weighted by molar-refractivity contribution is 6.17. The van der Waals surface area contributed by atoms with Crippen molar-refractivity contribution in [3.63, 3.8) is 0 Å². The summed E-state index contributed by atoms with van der Waals surface area (Å²) in [5.74, 6) is 2.42. The fourth-order valence-electron chi connectivity index (χ4n) is 1.70. The minimum atomic E-state index is 0.312. The van der Waals surface area contributed by atoms with Crippen LogP contribution in [0.4, 0.5) is 0 Å². The Hall–Kier alpha value is -0.610. The summed E-state index contributed by atoms with van der Waals surface area (Å²) in [4.78, 5) is 4.36. The minimum Gasteiger partial charge on any atom is -0.381 e. The molecule has 5 heteroatoms. The van der Waals surface area contributed by atoms with Crippen LogP contribution in [0.25, 0.3) is 0 Å². The van der Waals surface area contributed by atoms with Crippen molar-refractivity contribution >= 4 is 11.6 Å². The molecule has 0 amide bonds. The number of alkyl halides is 1. The third-order valence-electron chi connectivity index (χ3n) is 2.53. The molecule has 1 aliphatic rings. The van der Waals surface area contributed by atoms with Crippen LogP contribution in [0.2, 0.25) is 0 Å². The van der Waals surface area contributed by atoms with Crippen LogP contribution in [0, 0.1) is 0 Å². The van der Waals surface area contributed by atoms with E-state index in [4.69, 9.17) is 20.9 Å². The number of ether oxygens (including phenoxy) is 1. The summed E-state index contributed by atoms with van der Waals surface area (Å²) in [6.45, 7) is 1.57. The maximum absolute atomic E-state index is 5.60. The van der Waals surface area contributed by atoms with E-state index < -0.39 is 0 Å². The lowest BCUT2D eigenvalue weighted by Gasteiger charge is -2.18. The summed E-state index contributed by atoms with van der Waals surface area (Å²) in [7, 11) is 0. The lowest BCUT2D eigenvalue weighted by atomic mass is 10.0. The van der Waals surface area contributed by atoms with Crippen LogP contribution in [0.3, 0.4) is 0 Å². The molecule has 1 aliphatic heterocycles. The lowest BCUT2D eigenvalue weighted by Crippen LogP contribution is -2.16. The van der Waals surface area contributed by atoms with Gasteiger partial charge in [-0.1, -0.05) is 5.16 Å². The van der Waals surface area contributed by atoms with Gasteiger partial charge in [-0.15, -0.1) is 11.6 Å². The van der Waals surface area contributed by atoms with Crippen molar-refractivity contribution < 1.29 is 9.26 Å². The van der Waals surface area contributed by atoms with E-state index in [9.17, 15) is 0 Å². The molecule has 2 heterocycles. The number of hydrogen-bond donors (Lipinski definition) is 0. The summed E-state index contributed by atoms with van der Waals surface area (Å²) in [6.07, 6.45) is 3.82. The molecule has 1 fully saturated rings. The zero-order valence-electron chi connectivity index (χ0n) is 8.62. The highest BCUT2D eigenvalue weighted by atomic mass is 35.5. The quantitative estimate of drug-likeness (QED) is 0.744. The Morgan fingerprint density at radius 2 is 2.40 bits per heavy atom. The largest absolute Gasteiger partial charge is 0.381 e. The average molecular weight is 231 g/mol. The van der Waals surface area contributed by atoms with Gasteiger partial charge in [-0.25, -0.2) is 0 Å². The molecular weight excluding hydrogens is 216 g/mol. The normalized spacial score (nSPS) is 21.8. The van der Waals surface area contributed by atoms with E-state index in [1.165, 1.54) is 0 Å². The van der Waals surface area contributed by atoms with Gasteiger partial charge in [0.1, 0.15) is 0 Å². The Kier molecular flexibility index (Phi) is 3.97. The van der Waals surface area contributed by atoms with E-state index in [1.807, 2.05) is 0 Å². The van der Waals surface area contributed by atoms with Gasteiger partial charge in [-0.3, -0.25) is 0 Å². The van der Waals surface area contributed by atoms with E-state index in [0.717, 1.165) is 38.1 Å². The fraction of sp³-hybridized carbons (Fsp3) is 0.800. The van der Waals surface area contributed by atoms with Crippen LogP contribution >= 0.6 is 11.6 Å². The van der Waals surface area contributed by atoms with Gasteiger partial charge in [0.05, 0.1) is 6.61 Å². The second kappa shape index (κ2) is 5.47. The number of nitrogens with zero attached hydrogens (tertiary/aromatic N) is 2. The SMILES string of the molecule is ClCCCc1nc(C2CCCOC2)no1. The van der Waals surface area contributed by atoms with Crippen molar-refractivity contribution in [2.75, 3.05) is 19.1 Å². The van der Waals surface area contributed by atoms with Crippen LogP contribution in [-0.2, 0) is 11.2 Å². The molecule has 0 aliphatic carbocycles. The highest BCUT2D eigenvalue weighted by Gasteiger charge is 2.21. The molecular formula is C10H15ClN2O2. The first-order valence-electron chi connectivity index (χ1n) is 5.36. The van der Waals surface area contributed by atoms with Crippen LogP contribution in [0.5, 0.6) is 0 Å². The van der Waals surface area contributed by atoms with Crippen molar-refractivity contribution in [1.82, 2.24) is 10.1 Å². The second-order valence-electron chi connectivity index (χ2n) is 3.75. The Labute approximate surface area is 93.9 Å². The highest BCUT2D eigenvalue weighted by Crippen LogP contribution is 2.22. The summed E-state index contributed by atoms with van der Waals surface area (Å²) < 4.78 is 10.5. The van der Waals surface area contributed by atoms with E-state index in [1.54, 1.807) is 0 Å². The van der Waals surface area contributed by atoms with Crippen LogP contribution < -0.4 is 0 Å². The number of rotatable bonds is 4. The zero-order chi connectivity index (χ0) is 10.5. The summed E-state index contributed by atoms with van der Waals surface area (Å²) in [6, 6.07) is 0. The Morgan fingerprint density at radius 3 is 3.13 bits per heavy atom. The molecule has 0 aromatic carbocycles. The molecule has 0 bridgehead atoms. The summed E-state index contributed by atoms with van der Waals surface area (Å²) in [5, 5.41) is 3.98. The fourth-order valence-corrected chi connectivity index (χ4v) is 1.83. The van der Waals surface area contributed by atoms with Crippen molar-refractivity contribution in [2.45, 2.75) is 31.6 Å². The van der Waals surface area contributed by atoms with E-state index in [2.05, 4.69) is 10.1 Å². The third kappa shape index (κ3) is 2.92. The molecule has 1 unspecified atom stereocenters. The predicted molar refractivity (Wildman–Crippen MR) is 56.1 cm³/mol. The monoisotopic (exact) mass is 230 g/mol. The molecule has 1 saturated heterocycles. The molecule has 4 nitrogen and oxygen atoms in total. The molecule has 0 saturated carbocycles. The van der Waals surface area contributed by atoms with Gasteiger partial charge >= 0.3 is 0 Å². The molecule has 2 rings (SSSR count). The molecule has 0 radical (unpaired) electrons. The van der Waals surface area contributed by atoms with E-state index in [-0.39, 0.29) is 0 Å². The Bertz CT molecular complexity index is 297. The molecule has 1 aromatic rings. The Balaban J connectivity index is 1.93. The number of aryl methyl sites for hydroxylation is 1. The van der Waals surface area contributed by atoms with Gasteiger partial charge in [-0.05, 0) is 19.3 Å². The van der Waals surface area contributed by atoms with Gasteiger partial charge in [0.2, 0.25) is 5.89 Å². The summed E-state index contributed by atoms with van der Waals surface area (Å²) >= 11 is 5.60. The maximum atomic E-state index is 5.60. The van der Waals surface area contributed by atoms with Gasteiger partial charge in [0.15, 0.2) is 5.82 Å². The lowest BCUT2D eigenvalue weighted by molar-refractivity contribution is 0.0773. The average Bonchev–Trinajstić information content (AvgIpc) is 2.76. The number of hydrogen-bond acceptors (Lipinski definition) is 4. The standard InChI is InChI=1S/C10H15ClN2O2/c11-5-1-4-9-12-10(13-15-9)8-3-2-6-14-7-8/h8H,1-7H2. The van der Waals surface area contributed by atoms with Crippen molar-refractivity contribution in [1.29, 1.82) is 0 Å². The molecule has 0 spiro atoms. The maximum Gasteiger partial charge on any atom is 0.226 e. The smallest absolute Gasteiger partial charge is 0.226 e. The first kappa shape index (κ1) is 10.9. The first-order valence-corrected chi connectivity index (χ1v) is 5.90. The topological polar surface area (TPSA) is 48.2 Å². The van der Waals surface area contributed by atoms with Crippen LogP contribution in [0.1, 0.15) is 36.9 Å². The van der Waals surface area contributed by atoms with Crippen molar-refractivity contribution in [3.05, 3.63) is 11.7 Å². The van der Waals surface area contributed by atoms with E-state index >= 15 is 0 Å². The van der Waals surface area contributed by atoms with E-state index in [0.29, 0.717) is 24.3 Å². The third-order valence-corrected chi connectivity index (χ3v) is 2.80. The van der Waals surface area contributed by atoms with Crippen LogP contribution in [0.15, 0.2) is 4.52 Å². The number of aromatic nitrogens is 2. The van der Waals surface area contributed by atoms with Crippen molar-refractivity contribution in [3.8, 4) is 0 Å². The number of halogens is 1. The molecule has 15 heavy (non-hydrogen) atoms. The van der Waals surface area contributed by atoms with Gasteiger partial charge in [0, 0.05) is 24.8 Å².